The highest BCUT2D eigenvalue weighted by Gasteiger charge is 2.43. The van der Waals surface area contributed by atoms with Gasteiger partial charge < -0.3 is 14.8 Å². The third kappa shape index (κ3) is 2.82. The number of rotatable bonds is 3. The molecule has 0 bridgehead atoms. The molecule has 3 unspecified atom stereocenters. The van der Waals surface area contributed by atoms with Gasteiger partial charge in [-0.2, -0.15) is 0 Å². The highest BCUT2D eigenvalue weighted by atomic mass is 19.2. The fourth-order valence-corrected chi connectivity index (χ4v) is 3.62. The van der Waals surface area contributed by atoms with E-state index in [1.165, 1.54) is 0 Å². The van der Waals surface area contributed by atoms with Crippen LogP contribution in [0.15, 0.2) is 18.2 Å². The van der Waals surface area contributed by atoms with Crippen molar-refractivity contribution in [3.05, 3.63) is 35.4 Å². The normalized spacial score (nSPS) is 30.7. The van der Waals surface area contributed by atoms with E-state index in [4.69, 9.17) is 9.47 Å². The fraction of sp³-hybridized carbons (Fsp3) is 0.625. The maximum Gasteiger partial charge on any atom is 0.163 e. The van der Waals surface area contributed by atoms with Crippen molar-refractivity contribution in [2.45, 2.75) is 30.9 Å². The summed E-state index contributed by atoms with van der Waals surface area (Å²) in [6.45, 7) is 1.96. The molecule has 2 heterocycles. The number of hydrogen-bond donors (Lipinski definition) is 1. The minimum Gasteiger partial charge on any atom is -0.378 e. The van der Waals surface area contributed by atoms with E-state index in [2.05, 4.69) is 5.32 Å². The first-order valence-electron chi connectivity index (χ1n) is 7.48. The van der Waals surface area contributed by atoms with E-state index in [1.807, 2.05) is 0 Å². The second-order valence-electron chi connectivity index (χ2n) is 6.00. The van der Waals surface area contributed by atoms with Gasteiger partial charge in [-0.15, -0.1) is 0 Å². The van der Waals surface area contributed by atoms with Gasteiger partial charge in [0.25, 0.3) is 0 Å². The van der Waals surface area contributed by atoms with E-state index >= 15 is 0 Å². The summed E-state index contributed by atoms with van der Waals surface area (Å²) in [5, 5.41) is 3.16. The van der Waals surface area contributed by atoms with Crippen molar-refractivity contribution in [2.24, 2.45) is 5.92 Å². The fourth-order valence-electron chi connectivity index (χ4n) is 3.62. The van der Waals surface area contributed by atoms with Gasteiger partial charge in [0.2, 0.25) is 0 Å². The van der Waals surface area contributed by atoms with Gasteiger partial charge in [-0.25, -0.2) is 8.78 Å². The molecule has 0 aromatic heterocycles. The molecule has 1 aromatic carbocycles. The van der Waals surface area contributed by atoms with E-state index in [-0.39, 0.29) is 17.6 Å². The van der Waals surface area contributed by atoms with E-state index in [9.17, 15) is 8.78 Å². The molecule has 21 heavy (non-hydrogen) atoms. The molecule has 0 amide bonds. The Morgan fingerprint density at radius 3 is 2.90 bits per heavy atom. The Bertz CT molecular complexity index is 503. The van der Waals surface area contributed by atoms with Gasteiger partial charge in [0.05, 0.1) is 12.2 Å². The number of benzene rings is 1. The van der Waals surface area contributed by atoms with Crippen LogP contribution in [-0.2, 0) is 9.47 Å². The van der Waals surface area contributed by atoms with E-state index in [0.717, 1.165) is 25.3 Å². The first-order chi connectivity index (χ1) is 10.2. The third-order valence-corrected chi connectivity index (χ3v) is 4.70. The molecule has 0 aliphatic carbocycles. The minimum absolute atomic E-state index is 0.206. The lowest BCUT2D eigenvalue weighted by Gasteiger charge is -2.40. The average molecular weight is 297 g/mol. The summed E-state index contributed by atoms with van der Waals surface area (Å²) >= 11 is 0. The van der Waals surface area contributed by atoms with Crippen LogP contribution in [0.3, 0.4) is 0 Å². The van der Waals surface area contributed by atoms with Gasteiger partial charge >= 0.3 is 0 Å². The van der Waals surface area contributed by atoms with Crippen molar-refractivity contribution in [1.29, 1.82) is 0 Å². The van der Waals surface area contributed by atoms with Gasteiger partial charge in [0.15, 0.2) is 11.6 Å². The summed E-state index contributed by atoms with van der Waals surface area (Å²) < 4.78 is 39.0. The maximum absolute atomic E-state index is 14.1. The summed E-state index contributed by atoms with van der Waals surface area (Å²) in [7, 11) is 1.79. The highest BCUT2D eigenvalue weighted by Crippen LogP contribution is 2.41. The van der Waals surface area contributed by atoms with Gasteiger partial charge in [0.1, 0.15) is 0 Å². The Morgan fingerprint density at radius 1 is 1.33 bits per heavy atom. The van der Waals surface area contributed by atoms with Crippen molar-refractivity contribution >= 4 is 0 Å². The molecule has 3 nitrogen and oxygen atoms in total. The monoisotopic (exact) mass is 297 g/mol. The molecule has 2 saturated heterocycles. The predicted molar refractivity (Wildman–Crippen MR) is 75.0 cm³/mol. The quantitative estimate of drug-likeness (QED) is 0.930. The maximum atomic E-state index is 14.1. The van der Waals surface area contributed by atoms with Crippen LogP contribution >= 0.6 is 0 Å². The van der Waals surface area contributed by atoms with Crippen LogP contribution in [0.5, 0.6) is 0 Å². The average Bonchev–Trinajstić information content (AvgIpc) is 2.92. The summed E-state index contributed by atoms with van der Waals surface area (Å²) in [5.41, 5.74) is 0.167. The van der Waals surface area contributed by atoms with Gasteiger partial charge in [-0.3, -0.25) is 0 Å². The lowest BCUT2D eigenvalue weighted by molar-refractivity contribution is -0.103. The lowest BCUT2D eigenvalue weighted by atomic mass is 9.79. The number of hydrogen-bond acceptors (Lipinski definition) is 3. The highest BCUT2D eigenvalue weighted by molar-refractivity contribution is 5.23. The van der Waals surface area contributed by atoms with Crippen molar-refractivity contribution in [3.8, 4) is 0 Å². The molecular formula is C16H21F2NO2. The first kappa shape index (κ1) is 14.9. The number of halogens is 2. The number of ether oxygens (including phenoxy) is 2. The molecule has 3 rings (SSSR count). The predicted octanol–water partition coefficient (Wildman–Crippen LogP) is 2.81. The summed E-state index contributed by atoms with van der Waals surface area (Å²) in [6, 6.07) is 4.17. The molecule has 2 fully saturated rings. The van der Waals surface area contributed by atoms with Gasteiger partial charge in [-0.1, -0.05) is 12.1 Å². The molecule has 3 atom stereocenters. The second kappa shape index (κ2) is 5.99. The van der Waals surface area contributed by atoms with E-state index in [0.29, 0.717) is 25.4 Å². The van der Waals surface area contributed by atoms with Crippen LogP contribution in [0.2, 0.25) is 0 Å². The molecular weight excluding hydrogens is 276 g/mol. The standard InChI is InChI=1S/C16H21F2NO2/c1-19-15(12-3-2-4-13(17)14(12)18)11-5-7-21-16(9-11)6-8-20-10-16/h2-4,11,15,19H,5-10H2,1H3. The van der Waals surface area contributed by atoms with Gasteiger partial charge in [0, 0.05) is 31.2 Å². The van der Waals surface area contributed by atoms with Crippen LogP contribution in [0, 0.1) is 17.6 Å². The van der Waals surface area contributed by atoms with Crippen molar-refractivity contribution in [1.82, 2.24) is 5.32 Å². The van der Waals surface area contributed by atoms with Crippen molar-refractivity contribution in [3.63, 3.8) is 0 Å². The second-order valence-corrected chi connectivity index (χ2v) is 6.00. The molecule has 2 aliphatic rings. The molecule has 116 valence electrons. The lowest BCUT2D eigenvalue weighted by Crippen LogP contribution is -2.43. The Labute approximate surface area is 123 Å². The smallest absolute Gasteiger partial charge is 0.163 e. The zero-order valence-corrected chi connectivity index (χ0v) is 12.2. The molecule has 1 spiro atoms. The van der Waals surface area contributed by atoms with Crippen LogP contribution in [-0.4, -0.2) is 32.5 Å². The Morgan fingerprint density at radius 2 is 2.19 bits per heavy atom. The van der Waals surface area contributed by atoms with E-state index in [1.54, 1.807) is 19.2 Å². The van der Waals surface area contributed by atoms with Crippen LogP contribution in [0.1, 0.15) is 30.9 Å². The summed E-state index contributed by atoms with van der Waals surface area (Å²) in [4.78, 5) is 0. The molecule has 0 saturated carbocycles. The molecule has 1 aromatic rings. The Kier molecular flexibility index (Phi) is 4.24. The van der Waals surface area contributed by atoms with Crippen LogP contribution < -0.4 is 5.32 Å². The zero-order chi connectivity index (χ0) is 14.9. The van der Waals surface area contributed by atoms with Crippen LogP contribution in [0.25, 0.3) is 0 Å². The third-order valence-electron chi connectivity index (χ3n) is 4.70. The molecule has 2 aliphatic heterocycles. The first-order valence-corrected chi connectivity index (χ1v) is 7.48. The number of nitrogens with one attached hydrogen (secondary N) is 1. The minimum atomic E-state index is -0.793. The summed E-state index contributed by atoms with van der Waals surface area (Å²) in [6.07, 6.45) is 2.53. The topological polar surface area (TPSA) is 30.5 Å². The summed E-state index contributed by atoms with van der Waals surface area (Å²) in [5.74, 6) is -1.33. The van der Waals surface area contributed by atoms with Crippen LogP contribution in [0.4, 0.5) is 8.78 Å². The largest absolute Gasteiger partial charge is 0.378 e. The Balaban J connectivity index is 1.84. The van der Waals surface area contributed by atoms with Crippen molar-refractivity contribution in [2.75, 3.05) is 26.9 Å². The van der Waals surface area contributed by atoms with Gasteiger partial charge in [-0.05, 0) is 31.9 Å². The zero-order valence-electron chi connectivity index (χ0n) is 12.2. The molecule has 1 N–H and O–H groups in total. The van der Waals surface area contributed by atoms with Crippen molar-refractivity contribution < 1.29 is 18.3 Å². The Hall–Kier alpha value is -1.04. The molecule has 0 radical (unpaired) electrons. The SMILES string of the molecule is CNC(c1cccc(F)c1F)C1CCOC2(CCOC2)C1. The van der Waals surface area contributed by atoms with E-state index < -0.39 is 11.6 Å². The molecule has 5 heteroatoms.